The fourth-order valence-corrected chi connectivity index (χ4v) is 2.80. The van der Waals surface area contributed by atoms with E-state index in [0.717, 1.165) is 23.4 Å². The quantitative estimate of drug-likeness (QED) is 0.804. The highest BCUT2D eigenvalue weighted by molar-refractivity contribution is 7.80. The number of hydrogen-bond donors (Lipinski definition) is 2. The number of anilines is 1. The largest absolute Gasteiger partial charge is 0.321 e. The molecule has 0 saturated heterocycles. The maximum absolute atomic E-state index is 12.0. The molecule has 0 unspecified atom stereocenters. The van der Waals surface area contributed by atoms with Crippen molar-refractivity contribution in [3.05, 3.63) is 46.2 Å². The van der Waals surface area contributed by atoms with E-state index in [1.807, 2.05) is 23.6 Å². The number of hydrogen-bond acceptors (Lipinski definition) is 3. The number of carbonyl (C=O) groups excluding carboxylic acids is 1. The maximum Gasteiger partial charge on any atom is 0.265 e. The Bertz CT molecular complexity index is 548. The van der Waals surface area contributed by atoms with Crippen LogP contribution in [-0.2, 0) is 6.42 Å². The minimum Gasteiger partial charge on any atom is -0.321 e. The molecule has 0 aliphatic carbocycles. The Morgan fingerprint density at radius 1 is 1.39 bits per heavy atom. The van der Waals surface area contributed by atoms with E-state index in [2.05, 4.69) is 30.9 Å². The van der Waals surface area contributed by atoms with E-state index in [0.29, 0.717) is 4.88 Å². The van der Waals surface area contributed by atoms with Crippen LogP contribution in [0.15, 0.2) is 40.6 Å². The first-order valence-electron chi connectivity index (χ1n) is 5.87. The standard InChI is InChI=1S/C14H15NOS2/c1-2-5-10-6-3-4-7-12(10)15-14(16)13-8-11(17)9-18-13/h3-4,6-9,17H,2,5H2,1H3,(H,15,16). The number of benzene rings is 1. The van der Waals surface area contributed by atoms with Crippen LogP contribution < -0.4 is 5.32 Å². The monoisotopic (exact) mass is 277 g/mol. The average Bonchev–Trinajstić information content (AvgIpc) is 2.79. The molecule has 0 aliphatic heterocycles. The zero-order chi connectivity index (χ0) is 13.0. The van der Waals surface area contributed by atoms with Gasteiger partial charge in [0.1, 0.15) is 0 Å². The van der Waals surface area contributed by atoms with Gasteiger partial charge >= 0.3 is 0 Å². The Labute approximate surface area is 116 Å². The molecular formula is C14H15NOS2. The van der Waals surface area contributed by atoms with Crippen molar-refractivity contribution < 1.29 is 4.79 Å². The fraction of sp³-hybridized carbons (Fsp3) is 0.214. The lowest BCUT2D eigenvalue weighted by molar-refractivity contribution is 0.103. The first kappa shape index (κ1) is 13.2. The van der Waals surface area contributed by atoms with E-state index < -0.39 is 0 Å². The van der Waals surface area contributed by atoms with Gasteiger partial charge in [-0.25, -0.2) is 0 Å². The molecule has 0 spiro atoms. The van der Waals surface area contributed by atoms with E-state index in [1.165, 1.54) is 16.9 Å². The number of thiophene rings is 1. The number of thiol groups is 1. The van der Waals surface area contributed by atoms with Gasteiger partial charge in [0.25, 0.3) is 5.91 Å². The van der Waals surface area contributed by atoms with Gasteiger partial charge in [0.2, 0.25) is 0 Å². The third-order valence-electron chi connectivity index (χ3n) is 2.59. The molecule has 2 rings (SSSR count). The molecule has 0 bridgehead atoms. The molecule has 2 aromatic rings. The number of rotatable bonds is 4. The summed E-state index contributed by atoms with van der Waals surface area (Å²) in [6.07, 6.45) is 2.03. The minimum atomic E-state index is -0.0659. The van der Waals surface area contributed by atoms with Gasteiger partial charge < -0.3 is 5.32 Å². The number of nitrogens with one attached hydrogen (secondary N) is 1. The van der Waals surface area contributed by atoms with Crippen LogP contribution >= 0.6 is 24.0 Å². The molecule has 1 aromatic carbocycles. The Balaban J connectivity index is 2.16. The molecule has 94 valence electrons. The van der Waals surface area contributed by atoms with Crippen molar-refractivity contribution in [3.8, 4) is 0 Å². The van der Waals surface area contributed by atoms with Gasteiger partial charge in [-0.3, -0.25) is 4.79 Å². The zero-order valence-electron chi connectivity index (χ0n) is 10.1. The second kappa shape index (κ2) is 6.07. The van der Waals surface area contributed by atoms with Gasteiger partial charge in [-0.2, -0.15) is 0 Å². The summed E-state index contributed by atoms with van der Waals surface area (Å²) >= 11 is 5.62. The Morgan fingerprint density at radius 3 is 2.83 bits per heavy atom. The molecule has 1 N–H and O–H groups in total. The predicted octanol–water partition coefficient (Wildman–Crippen LogP) is 4.24. The van der Waals surface area contributed by atoms with Crippen LogP contribution in [0.25, 0.3) is 0 Å². The Hall–Kier alpha value is -1.26. The summed E-state index contributed by atoms with van der Waals surface area (Å²) in [6.45, 7) is 2.13. The first-order valence-corrected chi connectivity index (χ1v) is 7.20. The van der Waals surface area contributed by atoms with Gasteiger partial charge in [0.05, 0.1) is 4.88 Å². The predicted molar refractivity (Wildman–Crippen MR) is 80.0 cm³/mol. The molecule has 18 heavy (non-hydrogen) atoms. The van der Waals surface area contributed by atoms with Gasteiger partial charge in [0.15, 0.2) is 0 Å². The van der Waals surface area contributed by atoms with Crippen LogP contribution in [0, 0.1) is 0 Å². The molecule has 4 heteroatoms. The zero-order valence-corrected chi connectivity index (χ0v) is 11.9. The topological polar surface area (TPSA) is 29.1 Å². The highest BCUT2D eigenvalue weighted by Crippen LogP contribution is 2.21. The summed E-state index contributed by atoms with van der Waals surface area (Å²) in [4.78, 5) is 13.6. The van der Waals surface area contributed by atoms with Gasteiger partial charge in [-0.15, -0.1) is 24.0 Å². The van der Waals surface area contributed by atoms with E-state index >= 15 is 0 Å². The van der Waals surface area contributed by atoms with E-state index in [-0.39, 0.29) is 5.91 Å². The molecule has 2 nitrogen and oxygen atoms in total. The van der Waals surface area contributed by atoms with Crippen LogP contribution in [0.4, 0.5) is 5.69 Å². The minimum absolute atomic E-state index is 0.0659. The van der Waals surface area contributed by atoms with E-state index in [1.54, 1.807) is 6.07 Å². The number of aryl methyl sites for hydroxylation is 1. The third-order valence-corrected chi connectivity index (χ3v) is 3.96. The van der Waals surface area contributed by atoms with Crippen molar-refractivity contribution in [1.82, 2.24) is 0 Å². The molecule has 0 radical (unpaired) electrons. The molecule has 1 aromatic heterocycles. The van der Waals surface area contributed by atoms with Crippen molar-refractivity contribution >= 4 is 35.6 Å². The average molecular weight is 277 g/mol. The van der Waals surface area contributed by atoms with Crippen molar-refractivity contribution in [3.63, 3.8) is 0 Å². The van der Waals surface area contributed by atoms with Crippen molar-refractivity contribution in [2.45, 2.75) is 24.7 Å². The molecule has 1 amide bonds. The second-order valence-electron chi connectivity index (χ2n) is 4.03. The van der Waals surface area contributed by atoms with Gasteiger partial charge in [-0.1, -0.05) is 31.5 Å². The third kappa shape index (κ3) is 3.15. The number of amides is 1. The lowest BCUT2D eigenvalue weighted by Crippen LogP contribution is -2.11. The van der Waals surface area contributed by atoms with E-state index in [4.69, 9.17) is 0 Å². The summed E-state index contributed by atoms with van der Waals surface area (Å²) in [5.41, 5.74) is 2.08. The first-order chi connectivity index (χ1) is 8.70. The fourth-order valence-electron chi connectivity index (χ4n) is 1.76. The van der Waals surface area contributed by atoms with Gasteiger partial charge in [0, 0.05) is 16.0 Å². The van der Waals surface area contributed by atoms with Crippen LogP contribution in [0.5, 0.6) is 0 Å². The van der Waals surface area contributed by atoms with Crippen LogP contribution in [0.3, 0.4) is 0 Å². The van der Waals surface area contributed by atoms with E-state index in [9.17, 15) is 4.79 Å². The second-order valence-corrected chi connectivity index (χ2v) is 5.46. The molecule has 0 fully saturated rings. The molecule has 0 atom stereocenters. The summed E-state index contributed by atoms with van der Waals surface area (Å²) < 4.78 is 0. The highest BCUT2D eigenvalue weighted by atomic mass is 32.1. The molecule has 0 aliphatic rings. The lowest BCUT2D eigenvalue weighted by atomic mass is 10.1. The Kier molecular flexibility index (Phi) is 4.44. The summed E-state index contributed by atoms with van der Waals surface area (Å²) in [6, 6.07) is 9.71. The maximum atomic E-state index is 12.0. The smallest absolute Gasteiger partial charge is 0.265 e. The number of para-hydroxylation sites is 1. The Morgan fingerprint density at radius 2 is 2.17 bits per heavy atom. The van der Waals surface area contributed by atoms with Crippen LogP contribution in [0.1, 0.15) is 28.6 Å². The molecule has 0 saturated carbocycles. The SMILES string of the molecule is CCCc1ccccc1NC(=O)c1cc(S)cs1. The van der Waals surface area contributed by atoms with Gasteiger partial charge in [-0.05, 0) is 24.1 Å². The highest BCUT2D eigenvalue weighted by Gasteiger charge is 2.10. The molecule has 1 heterocycles. The molecular weight excluding hydrogens is 262 g/mol. The summed E-state index contributed by atoms with van der Waals surface area (Å²) in [5, 5.41) is 4.82. The van der Waals surface area contributed by atoms with Crippen molar-refractivity contribution in [2.24, 2.45) is 0 Å². The lowest BCUT2D eigenvalue weighted by Gasteiger charge is -2.09. The van der Waals surface area contributed by atoms with Crippen molar-refractivity contribution in [1.29, 1.82) is 0 Å². The number of carbonyl (C=O) groups is 1. The summed E-state index contributed by atoms with van der Waals surface area (Å²) in [7, 11) is 0. The normalized spacial score (nSPS) is 10.3. The van der Waals surface area contributed by atoms with Crippen molar-refractivity contribution in [2.75, 3.05) is 5.32 Å². The van der Waals surface area contributed by atoms with Crippen LogP contribution in [0.2, 0.25) is 0 Å². The summed E-state index contributed by atoms with van der Waals surface area (Å²) in [5.74, 6) is -0.0659. The van der Waals surface area contributed by atoms with Crippen LogP contribution in [-0.4, -0.2) is 5.91 Å².